The van der Waals surface area contributed by atoms with Gasteiger partial charge in [-0.3, -0.25) is 23.4 Å². The van der Waals surface area contributed by atoms with Crippen molar-refractivity contribution in [2.45, 2.75) is 199 Å². The van der Waals surface area contributed by atoms with E-state index in [9.17, 15) is 23.8 Å². The van der Waals surface area contributed by atoms with E-state index in [1.165, 1.54) is 70.6 Å². The fourth-order valence-electron chi connectivity index (χ4n) is 5.79. The van der Waals surface area contributed by atoms with E-state index in [0.29, 0.717) is 12.8 Å². The zero-order chi connectivity index (χ0) is 40.7. The molecule has 0 heterocycles. The fraction of sp³-hybridized carbons (Fsp3) is 0.791. The molecule has 11 nitrogen and oxygen atoms in total. The maximum Gasteiger partial charge on any atom is 0.472 e. The third-order valence-corrected chi connectivity index (χ3v) is 10.1. The van der Waals surface area contributed by atoms with Gasteiger partial charge in [0, 0.05) is 12.8 Å². The van der Waals surface area contributed by atoms with Gasteiger partial charge in [0.2, 0.25) is 0 Å². The fourth-order valence-corrected chi connectivity index (χ4v) is 6.56. The number of rotatable bonds is 40. The summed E-state index contributed by atoms with van der Waals surface area (Å²) in [6.45, 7) is 2.69. The predicted molar refractivity (Wildman–Crippen MR) is 222 cm³/mol. The molecule has 0 fully saturated rings. The highest BCUT2D eigenvalue weighted by Crippen LogP contribution is 2.43. The normalized spacial score (nSPS) is 14.1. The van der Waals surface area contributed by atoms with Crippen LogP contribution in [0.3, 0.4) is 0 Å². The van der Waals surface area contributed by atoms with Crippen molar-refractivity contribution in [1.29, 1.82) is 0 Å². The van der Waals surface area contributed by atoms with Crippen molar-refractivity contribution in [3.05, 3.63) is 36.5 Å². The molecule has 0 saturated carbocycles. The molecule has 3 unspecified atom stereocenters. The van der Waals surface area contributed by atoms with Gasteiger partial charge in [0.1, 0.15) is 12.6 Å². The molecule has 3 atom stereocenters. The van der Waals surface area contributed by atoms with Gasteiger partial charge < -0.3 is 25.2 Å². The summed E-state index contributed by atoms with van der Waals surface area (Å²) in [5, 5.41) is 8.88. The van der Waals surface area contributed by atoms with Crippen LogP contribution in [0, 0.1) is 0 Å². The number of esters is 2. The van der Waals surface area contributed by atoms with Gasteiger partial charge in [0.05, 0.1) is 13.2 Å². The lowest BCUT2D eigenvalue weighted by molar-refractivity contribution is -0.161. The monoisotopic (exact) mass is 800 g/mol. The summed E-state index contributed by atoms with van der Waals surface area (Å²) in [4.78, 5) is 45.9. The van der Waals surface area contributed by atoms with Crippen LogP contribution in [0.4, 0.5) is 0 Å². The van der Waals surface area contributed by atoms with E-state index in [0.717, 1.165) is 77.0 Å². The minimum Gasteiger partial charge on any atom is -0.480 e. The molecule has 0 saturated heterocycles. The van der Waals surface area contributed by atoms with Gasteiger partial charge in [-0.2, -0.15) is 0 Å². The van der Waals surface area contributed by atoms with E-state index in [1.54, 1.807) is 0 Å². The van der Waals surface area contributed by atoms with E-state index >= 15 is 0 Å². The SMILES string of the molecule is CC/C=C\C/C=C\C/C=C\CCCCCCCCCC(=O)OC(COC(=O)CCCCCCCCCCCCCCCC)COP(=O)(O)OCC(N)C(=O)O. The number of nitrogens with two attached hydrogens (primary N) is 1. The molecule has 0 aliphatic heterocycles. The standard InChI is InChI=1S/C43H78NO10P/c1-3-5-7-9-11-13-15-17-19-20-21-23-25-27-29-31-33-35-42(46)54-39(37-52-55(49,50)53-38-40(44)43(47)48)36-51-41(45)34-32-30-28-26-24-22-18-16-14-12-10-8-6-4-2/h5,7,11,13,17,19,39-40H,3-4,6,8-10,12,14-16,18,20-38,44H2,1-2H3,(H,47,48)(H,49,50)/b7-5-,13-11-,19-17-. The molecule has 55 heavy (non-hydrogen) atoms. The largest absolute Gasteiger partial charge is 0.480 e. The zero-order valence-corrected chi connectivity index (χ0v) is 35.4. The summed E-state index contributed by atoms with van der Waals surface area (Å²) in [5.41, 5.74) is 5.33. The van der Waals surface area contributed by atoms with Crippen molar-refractivity contribution in [3.8, 4) is 0 Å². The van der Waals surface area contributed by atoms with Gasteiger partial charge in [-0.05, 0) is 44.9 Å². The maximum atomic E-state index is 12.6. The smallest absolute Gasteiger partial charge is 0.472 e. The highest BCUT2D eigenvalue weighted by atomic mass is 31.2. The summed E-state index contributed by atoms with van der Waals surface area (Å²) in [6, 6.07) is -1.52. The minimum absolute atomic E-state index is 0.151. The molecular formula is C43H78NO10P. The number of hydrogen-bond acceptors (Lipinski definition) is 9. The molecule has 0 aromatic rings. The maximum absolute atomic E-state index is 12.6. The molecule has 0 spiro atoms. The van der Waals surface area contributed by atoms with Crippen LogP contribution in [-0.4, -0.2) is 59.9 Å². The topological polar surface area (TPSA) is 172 Å². The van der Waals surface area contributed by atoms with Gasteiger partial charge in [0.15, 0.2) is 6.10 Å². The van der Waals surface area contributed by atoms with Gasteiger partial charge in [-0.25, -0.2) is 4.57 Å². The first-order chi connectivity index (χ1) is 26.6. The second kappa shape index (κ2) is 38.6. The Kier molecular flexibility index (Phi) is 37.0. The Morgan fingerprint density at radius 3 is 1.53 bits per heavy atom. The lowest BCUT2D eigenvalue weighted by Crippen LogP contribution is -2.34. The van der Waals surface area contributed by atoms with E-state index in [4.69, 9.17) is 24.8 Å². The van der Waals surface area contributed by atoms with Gasteiger partial charge in [-0.15, -0.1) is 0 Å². The Balaban J connectivity index is 4.37. The molecular weight excluding hydrogens is 721 g/mol. The molecule has 4 N–H and O–H groups in total. The first kappa shape index (κ1) is 52.7. The van der Waals surface area contributed by atoms with Crippen molar-refractivity contribution >= 4 is 25.7 Å². The summed E-state index contributed by atoms with van der Waals surface area (Å²) < 4.78 is 32.7. The number of aliphatic carboxylic acids is 1. The number of carboxylic acids is 1. The number of hydrogen-bond donors (Lipinski definition) is 3. The average molecular weight is 800 g/mol. The van der Waals surface area contributed by atoms with Gasteiger partial charge in [-0.1, -0.05) is 166 Å². The highest BCUT2D eigenvalue weighted by Gasteiger charge is 2.28. The molecule has 0 radical (unpaired) electrons. The first-order valence-electron chi connectivity index (χ1n) is 21.5. The molecule has 0 aliphatic carbocycles. The van der Waals surface area contributed by atoms with Crippen LogP contribution in [0.25, 0.3) is 0 Å². The van der Waals surface area contributed by atoms with Crippen LogP contribution < -0.4 is 5.73 Å². The summed E-state index contributed by atoms with van der Waals surface area (Å²) in [6.07, 6.45) is 40.6. The molecule has 0 aromatic heterocycles. The van der Waals surface area contributed by atoms with Crippen LogP contribution >= 0.6 is 7.82 Å². The minimum atomic E-state index is -4.72. The lowest BCUT2D eigenvalue weighted by atomic mass is 10.0. The van der Waals surface area contributed by atoms with E-state index in [-0.39, 0.29) is 19.4 Å². The molecule has 320 valence electrons. The van der Waals surface area contributed by atoms with Crippen molar-refractivity contribution in [2.75, 3.05) is 19.8 Å². The molecule has 12 heteroatoms. The Labute approximate surface area is 333 Å². The van der Waals surface area contributed by atoms with Crippen LogP contribution in [0.1, 0.15) is 187 Å². The van der Waals surface area contributed by atoms with Gasteiger partial charge >= 0.3 is 25.7 Å². The second-order valence-electron chi connectivity index (χ2n) is 14.5. The predicted octanol–water partition coefficient (Wildman–Crippen LogP) is 11.2. The van der Waals surface area contributed by atoms with E-state index in [1.807, 2.05) is 0 Å². The number of carboxylic acid groups (broad SMARTS) is 1. The number of phosphoric acid groups is 1. The van der Waals surface area contributed by atoms with Crippen molar-refractivity contribution < 1.29 is 47.5 Å². The molecule has 0 bridgehead atoms. The number of allylic oxidation sites excluding steroid dienone is 6. The number of carbonyl (C=O) groups excluding carboxylic acids is 2. The third-order valence-electron chi connectivity index (χ3n) is 9.15. The Morgan fingerprint density at radius 2 is 1.02 bits per heavy atom. The summed E-state index contributed by atoms with van der Waals surface area (Å²) >= 11 is 0. The van der Waals surface area contributed by atoms with E-state index < -0.39 is 51.1 Å². The third kappa shape index (κ3) is 38.4. The van der Waals surface area contributed by atoms with Gasteiger partial charge in [0.25, 0.3) is 0 Å². The molecule has 0 rings (SSSR count). The number of ether oxygens (including phenoxy) is 2. The van der Waals surface area contributed by atoms with Crippen molar-refractivity contribution in [2.24, 2.45) is 5.73 Å². The number of carbonyl (C=O) groups is 3. The number of unbranched alkanes of at least 4 members (excludes halogenated alkanes) is 20. The summed E-state index contributed by atoms with van der Waals surface area (Å²) in [5.74, 6) is -2.39. The zero-order valence-electron chi connectivity index (χ0n) is 34.5. The first-order valence-corrected chi connectivity index (χ1v) is 23.0. The highest BCUT2D eigenvalue weighted by molar-refractivity contribution is 7.47. The quantitative estimate of drug-likeness (QED) is 0.0233. The molecule has 0 amide bonds. The lowest BCUT2D eigenvalue weighted by Gasteiger charge is -2.20. The van der Waals surface area contributed by atoms with Crippen molar-refractivity contribution in [3.63, 3.8) is 0 Å². The average Bonchev–Trinajstić information content (AvgIpc) is 3.16. The van der Waals surface area contributed by atoms with Crippen LogP contribution in [0.15, 0.2) is 36.5 Å². The van der Waals surface area contributed by atoms with Crippen LogP contribution in [0.2, 0.25) is 0 Å². The van der Waals surface area contributed by atoms with Crippen LogP contribution in [-0.2, 0) is 37.5 Å². The molecule has 0 aromatic carbocycles. The Bertz CT molecular complexity index is 1080. The van der Waals surface area contributed by atoms with E-state index in [2.05, 4.69) is 54.8 Å². The Hall–Kier alpha value is -2.30. The van der Waals surface area contributed by atoms with Crippen LogP contribution in [0.5, 0.6) is 0 Å². The number of phosphoric ester groups is 1. The summed E-state index contributed by atoms with van der Waals surface area (Å²) in [7, 11) is -4.72. The second-order valence-corrected chi connectivity index (χ2v) is 15.9. The van der Waals surface area contributed by atoms with Crippen molar-refractivity contribution in [1.82, 2.24) is 0 Å². The Morgan fingerprint density at radius 1 is 0.582 bits per heavy atom. The molecule has 0 aliphatic rings.